The third-order valence-electron chi connectivity index (χ3n) is 5.99. The zero-order valence-electron chi connectivity index (χ0n) is 18.0. The molecule has 0 aliphatic rings. The van der Waals surface area contributed by atoms with Crippen molar-refractivity contribution in [2.45, 2.75) is 12.8 Å². The second-order valence-corrected chi connectivity index (χ2v) is 8.55. The van der Waals surface area contributed by atoms with E-state index in [1.54, 1.807) is 36.4 Å². The van der Waals surface area contributed by atoms with Crippen LogP contribution in [-0.4, -0.2) is 27.3 Å². The van der Waals surface area contributed by atoms with Crippen molar-refractivity contribution in [3.8, 4) is 16.9 Å². The van der Waals surface area contributed by atoms with Gasteiger partial charge in [-0.15, -0.1) is 0 Å². The Morgan fingerprint density at radius 3 is 2.43 bits per heavy atom. The van der Waals surface area contributed by atoms with Crippen LogP contribution in [0.3, 0.4) is 0 Å². The Morgan fingerprint density at radius 2 is 1.69 bits per heavy atom. The molecule has 174 valence electrons. The maximum Gasteiger partial charge on any atom is 0.336 e. The van der Waals surface area contributed by atoms with Gasteiger partial charge in [-0.1, -0.05) is 35.9 Å². The molecule has 7 nitrogen and oxygen atoms in total. The Hall–Kier alpha value is -4.36. The first-order valence-electron chi connectivity index (χ1n) is 10.6. The summed E-state index contributed by atoms with van der Waals surface area (Å²) in [5.74, 6) is -2.27. The molecule has 0 atom stereocenters. The van der Waals surface area contributed by atoms with Gasteiger partial charge in [0, 0.05) is 34.2 Å². The molecule has 0 saturated carbocycles. The molecule has 1 heterocycles. The molecule has 35 heavy (non-hydrogen) atoms. The van der Waals surface area contributed by atoms with E-state index in [4.69, 9.17) is 21.1 Å². The summed E-state index contributed by atoms with van der Waals surface area (Å²) in [5.41, 5.74) is 1.71. The SMILES string of the molecule is O=C(O)CCc1cc2c(-c3ccccc3C(=O)O)c3ccc4cc(=O)c(Cl)cc4c3oc2cc1O. The van der Waals surface area contributed by atoms with E-state index in [2.05, 4.69) is 0 Å². The molecule has 8 heteroatoms. The number of benzene rings is 4. The highest BCUT2D eigenvalue weighted by Gasteiger charge is 2.21. The number of carboxylic acid groups (broad SMARTS) is 2. The number of aromatic hydroxyl groups is 1. The molecule has 0 fully saturated rings. The van der Waals surface area contributed by atoms with Crippen LogP contribution >= 0.6 is 11.6 Å². The van der Waals surface area contributed by atoms with Gasteiger partial charge in [-0.2, -0.15) is 0 Å². The van der Waals surface area contributed by atoms with E-state index in [0.717, 1.165) is 0 Å². The molecule has 0 amide bonds. The number of carbonyl (C=O) groups is 2. The van der Waals surface area contributed by atoms with Crippen molar-refractivity contribution in [1.82, 2.24) is 0 Å². The lowest BCUT2D eigenvalue weighted by atomic mass is 9.91. The summed E-state index contributed by atoms with van der Waals surface area (Å²) in [5, 5.41) is 31.8. The van der Waals surface area contributed by atoms with Gasteiger partial charge in [-0.3, -0.25) is 9.59 Å². The molecule has 4 aromatic carbocycles. The van der Waals surface area contributed by atoms with Gasteiger partial charge in [0.05, 0.1) is 10.6 Å². The fraction of sp³-hybridized carbons (Fsp3) is 0.0741. The lowest BCUT2D eigenvalue weighted by Crippen LogP contribution is -2.01. The van der Waals surface area contributed by atoms with E-state index < -0.39 is 11.9 Å². The topological polar surface area (TPSA) is 125 Å². The Kier molecular flexibility index (Phi) is 5.42. The number of fused-ring (bicyclic) bond motifs is 4. The van der Waals surface area contributed by atoms with Crippen LogP contribution in [-0.2, 0) is 11.2 Å². The van der Waals surface area contributed by atoms with Gasteiger partial charge in [-0.25, -0.2) is 4.79 Å². The number of phenols is 1. The molecule has 3 N–H and O–H groups in total. The minimum atomic E-state index is -1.12. The van der Waals surface area contributed by atoms with Crippen molar-refractivity contribution in [3.05, 3.63) is 87.0 Å². The normalized spacial score (nSPS) is 11.3. The molecular formula is C27H17ClO7. The summed E-state index contributed by atoms with van der Waals surface area (Å²) in [7, 11) is 0. The number of hydrogen-bond donors (Lipinski definition) is 3. The average Bonchev–Trinajstić information content (AvgIpc) is 2.82. The van der Waals surface area contributed by atoms with Crippen LogP contribution in [0.1, 0.15) is 22.3 Å². The van der Waals surface area contributed by atoms with Crippen LogP contribution in [0.25, 0.3) is 43.8 Å². The van der Waals surface area contributed by atoms with Crippen LogP contribution in [0.4, 0.5) is 0 Å². The van der Waals surface area contributed by atoms with E-state index >= 15 is 0 Å². The zero-order chi connectivity index (χ0) is 24.9. The second kappa shape index (κ2) is 8.45. The van der Waals surface area contributed by atoms with E-state index in [9.17, 15) is 24.6 Å². The highest BCUT2D eigenvalue weighted by molar-refractivity contribution is 6.32. The van der Waals surface area contributed by atoms with Gasteiger partial charge in [0.1, 0.15) is 16.9 Å². The summed E-state index contributed by atoms with van der Waals surface area (Å²) in [6, 6.07) is 15.9. The van der Waals surface area contributed by atoms with Crippen LogP contribution < -0.4 is 5.43 Å². The summed E-state index contributed by atoms with van der Waals surface area (Å²) in [6.45, 7) is 0. The number of carboxylic acids is 2. The second-order valence-electron chi connectivity index (χ2n) is 8.14. The van der Waals surface area contributed by atoms with Crippen molar-refractivity contribution in [1.29, 1.82) is 0 Å². The Morgan fingerprint density at radius 1 is 0.914 bits per heavy atom. The number of aryl methyl sites for hydroxylation is 1. The Labute approximate surface area is 202 Å². The van der Waals surface area contributed by atoms with E-state index in [1.165, 1.54) is 24.3 Å². The van der Waals surface area contributed by atoms with Gasteiger partial charge in [-0.05, 0) is 53.3 Å². The quantitative estimate of drug-likeness (QED) is 0.209. The molecule has 5 aromatic rings. The molecule has 5 rings (SSSR count). The minimum Gasteiger partial charge on any atom is -0.508 e. The van der Waals surface area contributed by atoms with Crippen LogP contribution in [0.5, 0.6) is 5.75 Å². The monoisotopic (exact) mass is 488 g/mol. The smallest absolute Gasteiger partial charge is 0.336 e. The molecule has 0 bridgehead atoms. The number of halogens is 1. The number of rotatable bonds is 5. The molecule has 0 aliphatic heterocycles. The molecule has 0 saturated heterocycles. The molecule has 0 aliphatic carbocycles. The molecular weight excluding hydrogens is 472 g/mol. The number of aliphatic carboxylic acids is 1. The van der Waals surface area contributed by atoms with Gasteiger partial charge >= 0.3 is 11.9 Å². The predicted octanol–water partition coefficient (Wildman–Crippen LogP) is 5.84. The first kappa shape index (κ1) is 22.4. The highest BCUT2D eigenvalue weighted by atomic mass is 35.5. The Bertz CT molecular complexity index is 1750. The lowest BCUT2D eigenvalue weighted by molar-refractivity contribution is -0.136. The van der Waals surface area contributed by atoms with Crippen molar-refractivity contribution < 1.29 is 29.3 Å². The summed E-state index contributed by atoms with van der Waals surface area (Å²) >= 11 is 6.12. The lowest BCUT2D eigenvalue weighted by Gasteiger charge is -2.16. The van der Waals surface area contributed by atoms with Crippen molar-refractivity contribution in [2.75, 3.05) is 0 Å². The van der Waals surface area contributed by atoms with Crippen LogP contribution in [0.15, 0.2) is 69.9 Å². The predicted molar refractivity (Wildman–Crippen MR) is 133 cm³/mol. The van der Waals surface area contributed by atoms with Gasteiger partial charge in [0.15, 0.2) is 5.43 Å². The first-order valence-corrected chi connectivity index (χ1v) is 11.0. The summed E-state index contributed by atoms with van der Waals surface area (Å²) in [6.07, 6.45) is -0.111. The average molecular weight is 489 g/mol. The fourth-order valence-electron chi connectivity index (χ4n) is 4.37. The maximum atomic E-state index is 12.1. The summed E-state index contributed by atoms with van der Waals surface area (Å²) < 4.78 is 6.19. The number of aromatic carboxylic acids is 1. The first-order chi connectivity index (χ1) is 16.7. The highest BCUT2D eigenvalue weighted by Crippen LogP contribution is 2.42. The third-order valence-corrected chi connectivity index (χ3v) is 6.28. The number of phenolic OH excluding ortho intramolecular Hbond substituents is 1. The molecule has 0 unspecified atom stereocenters. The van der Waals surface area contributed by atoms with Crippen molar-refractivity contribution in [3.63, 3.8) is 0 Å². The largest absolute Gasteiger partial charge is 0.508 e. The molecule has 0 radical (unpaired) electrons. The van der Waals surface area contributed by atoms with Crippen molar-refractivity contribution >= 4 is 56.3 Å². The maximum absolute atomic E-state index is 12.1. The van der Waals surface area contributed by atoms with Crippen LogP contribution in [0.2, 0.25) is 5.02 Å². The molecule has 0 spiro atoms. The Balaban J connectivity index is 1.97. The zero-order valence-corrected chi connectivity index (χ0v) is 18.8. The van der Waals surface area contributed by atoms with Crippen LogP contribution in [0, 0.1) is 0 Å². The standard InChI is InChI=1S/C27H17ClO7/c28-20-11-18-13(10-22(20)30)5-7-17-25(15-3-1-2-4-16(15)27(33)34)19-9-14(6-8-24(31)32)21(29)12-23(19)35-26(17)18/h1-5,7,9-12,29H,6,8H2,(H,31,32)(H,33,34). The molecule has 1 aromatic heterocycles. The van der Waals surface area contributed by atoms with Gasteiger partial charge < -0.3 is 19.7 Å². The fourth-order valence-corrected chi connectivity index (χ4v) is 4.54. The number of hydrogen-bond acceptors (Lipinski definition) is 5. The van der Waals surface area contributed by atoms with Gasteiger partial charge in [0.25, 0.3) is 0 Å². The van der Waals surface area contributed by atoms with Crippen molar-refractivity contribution in [2.24, 2.45) is 0 Å². The van der Waals surface area contributed by atoms with E-state index in [1.807, 2.05) is 0 Å². The van der Waals surface area contributed by atoms with Gasteiger partial charge in [0.2, 0.25) is 0 Å². The van der Waals surface area contributed by atoms with E-state index in [0.29, 0.717) is 43.8 Å². The minimum absolute atomic E-state index is 0.0136. The third kappa shape index (κ3) is 3.86. The summed E-state index contributed by atoms with van der Waals surface area (Å²) in [4.78, 5) is 35.3. The van der Waals surface area contributed by atoms with E-state index in [-0.39, 0.29) is 40.2 Å².